The van der Waals surface area contributed by atoms with Gasteiger partial charge in [0.15, 0.2) is 0 Å². The Hall–Kier alpha value is 0.130. The molecule has 1 atom stereocenters. The maximum absolute atomic E-state index is 3.79. The lowest BCUT2D eigenvalue weighted by molar-refractivity contribution is 0.567. The highest BCUT2D eigenvalue weighted by Crippen LogP contribution is 1.99. The van der Waals surface area contributed by atoms with Gasteiger partial charge in [-0.15, -0.1) is 6.58 Å². The molecule has 0 spiro atoms. The largest absolute Gasteiger partial charge is 0.290 e. The first kappa shape index (κ1) is 8.13. The van der Waals surface area contributed by atoms with Crippen LogP contribution in [0.25, 0.3) is 0 Å². The van der Waals surface area contributed by atoms with Crippen LogP contribution in [0.5, 0.6) is 0 Å². The van der Waals surface area contributed by atoms with Crippen molar-refractivity contribution in [1.29, 1.82) is 0 Å². The molecule has 0 bridgehead atoms. The third-order valence-electron chi connectivity index (χ3n) is 0.891. The van der Waals surface area contributed by atoms with Gasteiger partial charge in [-0.05, 0) is 20.4 Å². The van der Waals surface area contributed by atoms with E-state index in [2.05, 4.69) is 20.6 Å². The van der Waals surface area contributed by atoms with Crippen molar-refractivity contribution in [2.75, 3.05) is 13.6 Å². The lowest BCUT2D eigenvalue weighted by atomic mass is 10.2. The predicted molar refractivity (Wildman–Crippen MR) is 41.8 cm³/mol. The van der Waals surface area contributed by atoms with Crippen LogP contribution in [0.4, 0.5) is 0 Å². The summed E-state index contributed by atoms with van der Waals surface area (Å²) in [6, 6.07) is 0. The Balaban J connectivity index is 3.05. The number of hydrogen-bond acceptors (Lipinski definition) is 1. The zero-order valence-electron chi connectivity index (χ0n) is 5.65. The SMILES string of the molecule is C=C(C)CCN(C)P. The summed E-state index contributed by atoms with van der Waals surface area (Å²) in [6.45, 7) is 6.92. The van der Waals surface area contributed by atoms with Gasteiger partial charge in [-0.2, -0.15) is 0 Å². The molecule has 2 heteroatoms. The number of hydrogen-bond donors (Lipinski definition) is 0. The van der Waals surface area contributed by atoms with Crippen molar-refractivity contribution in [3.63, 3.8) is 0 Å². The Bertz CT molecular complexity index is 78.6. The van der Waals surface area contributed by atoms with Gasteiger partial charge >= 0.3 is 0 Å². The average molecular weight is 131 g/mol. The fourth-order valence-corrected chi connectivity index (χ4v) is 0.496. The fourth-order valence-electron chi connectivity index (χ4n) is 0.367. The molecule has 0 radical (unpaired) electrons. The molecule has 0 fully saturated rings. The fraction of sp³-hybridized carbons (Fsp3) is 0.667. The molecule has 0 heterocycles. The van der Waals surface area contributed by atoms with Gasteiger partial charge in [0.2, 0.25) is 0 Å². The van der Waals surface area contributed by atoms with Crippen molar-refractivity contribution in [1.82, 2.24) is 4.67 Å². The highest BCUT2D eigenvalue weighted by Gasteiger charge is 1.87. The van der Waals surface area contributed by atoms with Crippen LogP contribution < -0.4 is 0 Å². The van der Waals surface area contributed by atoms with Gasteiger partial charge in [-0.1, -0.05) is 15.0 Å². The van der Waals surface area contributed by atoms with Crippen LogP contribution in [0, 0.1) is 0 Å². The van der Waals surface area contributed by atoms with Gasteiger partial charge < -0.3 is 0 Å². The molecule has 0 aliphatic rings. The number of nitrogens with zero attached hydrogens (tertiary/aromatic N) is 1. The molecule has 0 aromatic carbocycles. The highest BCUT2D eigenvalue weighted by molar-refractivity contribution is 7.13. The molecule has 1 unspecified atom stereocenters. The smallest absolute Gasteiger partial charge is 0.00502 e. The van der Waals surface area contributed by atoms with E-state index in [4.69, 9.17) is 0 Å². The second-order valence-electron chi connectivity index (χ2n) is 2.19. The zero-order chi connectivity index (χ0) is 6.57. The van der Waals surface area contributed by atoms with Crippen molar-refractivity contribution in [2.45, 2.75) is 13.3 Å². The Morgan fingerprint density at radius 3 is 2.38 bits per heavy atom. The van der Waals surface area contributed by atoms with Crippen molar-refractivity contribution in [3.8, 4) is 0 Å². The zero-order valence-corrected chi connectivity index (χ0v) is 6.80. The van der Waals surface area contributed by atoms with E-state index < -0.39 is 0 Å². The minimum Gasteiger partial charge on any atom is -0.290 e. The molecule has 0 saturated carbocycles. The third-order valence-corrected chi connectivity index (χ3v) is 1.15. The molecular formula is C6H14NP. The quantitative estimate of drug-likeness (QED) is 0.416. The summed E-state index contributed by atoms with van der Waals surface area (Å²) in [5, 5.41) is 0. The van der Waals surface area contributed by atoms with Gasteiger partial charge in [0, 0.05) is 6.54 Å². The Morgan fingerprint density at radius 2 is 2.25 bits per heavy atom. The van der Waals surface area contributed by atoms with Crippen molar-refractivity contribution < 1.29 is 0 Å². The first-order valence-corrected chi connectivity index (χ1v) is 3.25. The molecule has 1 nitrogen and oxygen atoms in total. The van der Waals surface area contributed by atoms with Crippen LogP contribution in [-0.4, -0.2) is 18.3 Å². The lowest BCUT2D eigenvalue weighted by Crippen LogP contribution is -2.05. The second kappa shape index (κ2) is 4.05. The molecule has 0 aliphatic heterocycles. The van der Waals surface area contributed by atoms with E-state index in [0.29, 0.717) is 0 Å². The first-order valence-electron chi connectivity index (χ1n) is 2.73. The van der Waals surface area contributed by atoms with Gasteiger partial charge in [0.05, 0.1) is 0 Å². The summed E-state index contributed by atoms with van der Waals surface area (Å²) in [5.74, 6) is 0. The molecule has 0 N–H and O–H groups in total. The van der Waals surface area contributed by atoms with Crippen molar-refractivity contribution in [3.05, 3.63) is 12.2 Å². The molecule has 0 aromatic heterocycles. The van der Waals surface area contributed by atoms with Crippen LogP contribution in [0.1, 0.15) is 13.3 Å². The minimum atomic E-state index is 1.08. The van der Waals surface area contributed by atoms with Crippen molar-refractivity contribution >= 4 is 9.39 Å². The summed E-state index contributed by atoms with van der Waals surface area (Å²) in [4.78, 5) is 0. The highest BCUT2D eigenvalue weighted by atomic mass is 31.0. The molecule has 0 rings (SSSR count). The standard InChI is InChI=1S/C6H14NP/c1-6(2)4-5-7(3)8/h1,4-5,8H2,2-3H3. The summed E-state index contributed by atoms with van der Waals surface area (Å²) >= 11 is 0. The third kappa shape index (κ3) is 6.13. The topological polar surface area (TPSA) is 3.24 Å². The molecule has 0 saturated heterocycles. The van der Waals surface area contributed by atoms with Crippen molar-refractivity contribution in [2.24, 2.45) is 0 Å². The Morgan fingerprint density at radius 1 is 1.75 bits per heavy atom. The van der Waals surface area contributed by atoms with Crippen LogP contribution in [-0.2, 0) is 0 Å². The Kier molecular flexibility index (Phi) is 4.12. The first-order chi connectivity index (χ1) is 3.63. The van der Waals surface area contributed by atoms with Gasteiger partial charge in [0.25, 0.3) is 0 Å². The van der Waals surface area contributed by atoms with E-state index in [9.17, 15) is 0 Å². The monoisotopic (exact) mass is 131 g/mol. The van der Waals surface area contributed by atoms with Crippen LogP contribution in [0.3, 0.4) is 0 Å². The van der Waals surface area contributed by atoms with E-state index in [0.717, 1.165) is 13.0 Å². The molecule has 0 amide bonds. The summed E-state index contributed by atoms with van der Waals surface area (Å²) < 4.78 is 2.08. The molecule has 0 aromatic rings. The van der Waals surface area contributed by atoms with E-state index in [1.54, 1.807) is 0 Å². The van der Waals surface area contributed by atoms with E-state index in [1.165, 1.54) is 5.57 Å². The maximum Gasteiger partial charge on any atom is 0.00502 e. The van der Waals surface area contributed by atoms with E-state index in [-0.39, 0.29) is 0 Å². The maximum atomic E-state index is 3.79. The second-order valence-corrected chi connectivity index (χ2v) is 3.07. The average Bonchev–Trinajstić information content (AvgIpc) is 1.61. The lowest BCUT2D eigenvalue weighted by Gasteiger charge is -2.07. The van der Waals surface area contributed by atoms with Crippen LogP contribution in [0.15, 0.2) is 12.2 Å². The molecular weight excluding hydrogens is 117 g/mol. The summed E-state index contributed by atoms with van der Waals surface area (Å²) in [5.41, 5.74) is 1.25. The Labute approximate surface area is 54.0 Å². The minimum absolute atomic E-state index is 1.08. The summed E-state index contributed by atoms with van der Waals surface area (Å²) in [6.07, 6.45) is 1.10. The van der Waals surface area contributed by atoms with Crippen LogP contribution >= 0.6 is 9.39 Å². The number of rotatable bonds is 3. The van der Waals surface area contributed by atoms with E-state index >= 15 is 0 Å². The predicted octanol–water partition coefficient (Wildman–Crippen LogP) is 1.67. The van der Waals surface area contributed by atoms with Gasteiger partial charge in [0.1, 0.15) is 0 Å². The van der Waals surface area contributed by atoms with E-state index in [1.807, 2.05) is 14.0 Å². The summed E-state index contributed by atoms with van der Waals surface area (Å²) in [7, 11) is 4.65. The molecule has 8 heavy (non-hydrogen) atoms. The van der Waals surface area contributed by atoms with Gasteiger partial charge in [-0.25, -0.2) is 0 Å². The normalized spacial score (nSPS) is 10.0. The molecule has 0 aliphatic carbocycles. The van der Waals surface area contributed by atoms with Crippen LogP contribution in [0.2, 0.25) is 0 Å². The molecule has 48 valence electrons. The van der Waals surface area contributed by atoms with Gasteiger partial charge in [-0.3, -0.25) is 4.67 Å².